The molecule has 0 N–H and O–H groups in total. The lowest BCUT2D eigenvalue weighted by atomic mass is 10.1. The van der Waals surface area contributed by atoms with Crippen LogP contribution in [-0.4, -0.2) is 32.1 Å². The number of allylic oxidation sites excluding steroid dienone is 1. The molecule has 0 aromatic heterocycles. The van der Waals surface area contributed by atoms with Gasteiger partial charge in [0, 0.05) is 6.42 Å². The number of carbonyl (C=O) groups is 1. The van der Waals surface area contributed by atoms with Crippen LogP contribution < -0.4 is 0 Å². The molecule has 1 heterocycles. The molecule has 72 valence electrons. The highest BCUT2D eigenvalue weighted by atomic mass is 16.7. The van der Waals surface area contributed by atoms with Crippen molar-refractivity contribution < 1.29 is 19.0 Å². The second-order valence-electron chi connectivity index (χ2n) is 3.10. The van der Waals surface area contributed by atoms with Crippen LogP contribution in [0.1, 0.15) is 12.8 Å². The molecule has 4 heteroatoms. The van der Waals surface area contributed by atoms with Crippen molar-refractivity contribution in [2.24, 2.45) is 0 Å². The summed E-state index contributed by atoms with van der Waals surface area (Å²) in [6.45, 7) is 1.10. The van der Waals surface area contributed by atoms with Crippen molar-refractivity contribution in [3.05, 3.63) is 11.6 Å². The Morgan fingerprint density at radius 1 is 1.54 bits per heavy atom. The first-order valence-corrected chi connectivity index (χ1v) is 4.35. The van der Waals surface area contributed by atoms with E-state index in [1.54, 1.807) is 0 Å². The first-order chi connectivity index (χ1) is 6.28. The first kappa shape index (κ1) is 8.72. The minimum Gasteiger partial charge on any atom is -0.466 e. The lowest BCUT2D eigenvalue weighted by molar-refractivity contribution is -0.154. The standard InChI is InChI=1S/C9H12O4/c1-11-8(10)7-3-2-4-9(7)12-5-6-13-9/h3H,2,4-6H2,1H3. The average Bonchev–Trinajstić information content (AvgIpc) is 2.76. The first-order valence-electron chi connectivity index (χ1n) is 4.35. The number of rotatable bonds is 1. The van der Waals surface area contributed by atoms with E-state index in [1.807, 2.05) is 6.08 Å². The molecule has 2 rings (SSSR count). The van der Waals surface area contributed by atoms with E-state index in [0.29, 0.717) is 18.8 Å². The van der Waals surface area contributed by atoms with Gasteiger partial charge in [0.15, 0.2) is 0 Å². The molecule has 0 saturated carbocycles. The van der Waals surface area contributed by atoms with Crippen LogP contribution in [0.4, 0.5) is 0 Å². The molecule has 1 aliphatic carbocycles. The third-order valence-corrected chi connectivity index (χ3v) is 2.39. The summed E-state index contributed by atoms with van der Waals surface area (Å²) in [5.74, 6) is -1.13. The molecule has 2 aliphatic rings. The minimum absolute atomic E-state index is 0.348. The molecule has 1 fully saturated rings. The molecule has 0 aromatic carbocycles. The Labute approximate surface area is 76.5 Å². The maximum absolute atomic E-state index is 11.3. The molecule has 0 unspecified atom stereocenters. The molecule has 0 bridgehead atoms. The third-order valence-electron chi connectivity index (χ3n) is 2.39. The Morgan fingerprint density at radius 3 is 2.85 bits per heavy atom. The van der Waals surface area contributed by atoms with Crippen molar-refractivity contribution in [1.82, 2.24) is 0 Å². The maximum Gasteiger partial charge on any atom is 0.338 e. The zero-order valence-corrected chi connectivity index (χ0v) is 7.54. The van der Waals surface area contributed by atoms with Crippen molar-refractivity contribution in [1.29, 1.82) is 0 Å². The van der Waals surface area contributed by atoms with Crippen LogP contribution >= 0.6 is 0 Å². The molecule has 1 saturated heterocycles. The predicted molar refractivity (Wildman–Crippen MR) is 44.0 cm³/mol. The Morgan fingerprint density at radius 2 is 2.23 bits per heavy atom. The number of hydrogen-bond donors (Lipinski definition) is 0. The number of methoxy groups -OCH3 is 1. The van der Waals surface area contributed by atoms with E-state index in [9.17, 15) is 4.79 Å². The molecule has 1 aliphatic heterocycles. The third kappa shape index (κ3) is 1.26. The van der Waals surface area contributed by atoms with Crippen molar-refractivity contribution in [2.45, 2.75) is 18.6 Å². The van der Waals surface area contributed by atoms with Gasteiger partial charge in [-0.25, -0.2) is 4.79 Å². The molecular formula is C9H12O4. The molecule has 13 heavy (non-hydrogen) atoms. The van der Waals surface area contributed by atoms with Gasteiger partial charge in [0.2, 0.25) is 5.79 Å². The molecule has 0 amide bonds. The largest absolute Gasteiger partial charge is 0.466 e. The fraction of sp³-hybridized carbons (Fsp3) is 0.667. The van der Waals surface area contributed by atoms with Crippen LogP contribution in [0, 0.1) is 0 Å². The van der Waals surface area contributed by atoms with Gasteiger partial charge in [0.05, 0.1) is 25.9 Å². The zero-order valence-electron chi connectivity index (χ0n) is 7.54. The smallest absolute Gasteiger partial charge is 0.338 e. The van der Waals surface area contributed by atoms with E-state index in [2.05, 4.69) is 4.74 Å². The fourth-order valence-corrected chi connectivity index (χ4v) is 1.80. The van der Waals surface area contributed by atoms with Crippen molar-refractivity contribution in [3.63, 3.8) is 0 Å². The van der Waals surface area contributed by atoms with Gasteiger partial charge in [-0.3, -0.25) is 0 Å². The molecule has 0 aromatic rings. The molecule has 0 atom stereocenters. The molecule has 0 radical (unpaired) electrons. The van der Waals surface area contributed by atoms with Crippen molar-refractivity contribution in [2.75, 3.05) is 20.3 Å². The highest BCUT2D eigenvalue weighted by molar-refractivity contribution is 5.90. The lowest BCUT2D eigenvalue weighted by Gasteiger charge is -2.23. The monoisotopic (exact) mass is 184 g/mol. The average molecular weight is 184 g/mol. The van der Waals surface area contributed by atoms with Crippen LogP contribution in [0.5, 0.6) is 0 Å². The fourth-order valence-electron chi connectivity index (χ4n) is 1.80. The Hall–Kier alpha value is -0.870. The summed E-state index contributed by atoms with van der Waals surface area (Å²) >= 11 is 0. The SMILES string of the molecule is COC(=O)C1=CCCC12OCCO2. The van der Waals surface area contributed by atoms with Crippen molar-refractivity contribution >= 4 is 5.97 Å². The quantitative estimate of drug-likeness (QED) is 0.560. The van der Waals surface area contributed by atoms with Gasteiger partial charge in [0.1, 0.15) is 0 Å². The van der Waals surface area contributed by atoms with Gasteiger partial charge in [0.25, 0.3) is 0 Å². The minimum atomic E-state index is -0.785. The second kappa shape index (κ2) is 3.12. The zero-order chi connectivity index (χ0) is 9.31. The van der Waals surface area contributed by atoms with E-state index < -0.39 is 5.79 Å². The summed E-state index contributed by atoms with van der Waals surface area (Å²) in [5.41, 5.74) is 0.521. The number of esters is 1. The van der Waals surface area contributed by atoms with Crippen LogP contribution in [0.25, 0.3) is 0 Å². The summed E-state index contributed by atoms with van der Waals surface area (Å²) in [6, 6.07) is 0. The van der Waals surface area contributed by atoms with Gasteiger partial charge < -0.3 is 14.2 Å². The molecule has 1 spiro atoms. The topological polar surface area (TPSA) is 44.8 Å². The normalized spacial score (nSPS) is 24.8. The van der Waals surface area contributed by atoms with Gasteiger partial charge in [-0.1, -0.05) is 6.08 Å². The maximum atomic E-state index is 11.3. The summed E-state index contributed by atoms with van der Waals surface area (Å²) in [4.78, 5) is 11.3. The van der Waals surface area contributed by atoms with E-state index in [0.717, 1.165) is 12.8 Å². The summed E-state index contributed by atoms with van der Waals surface area (Å²) in [7, 11) is 1.37. The van der Waals surface area contributed by atoms with Crippen molar-refractivity contribution in [3.8, 4) is 0 Å². The van der Waals surface area contributed by atoms with Crippen LogP contribution in [0.15, 0.2) is 11.6 Å². The Balaban J connectivity index is 2.21. The summed E-state index contributed by atoms with van der Waals surface area (Å²) in [5, 5.41) is 0. The lowest BCUT2D eigenvalue weighted by Crippen LogP contribution is -2.33. The van der Waals surface area contributed by atoms with E-state index in [4.69, 9.17) is 9.47 Å². The number of hydrogen-bond acceptors (Lipinski definition) is 4. The number of carbonyl (C=O) groups excluding carboxylic acids is 1. The van der Waals surface area contributed by atoms with Gasteiger partial charge in [-0.15, -0.1) is 0 Å². The highest BCUT2D eigenvalue weighted by Gasteiger charge is 2.46. The number of ether oxygens (including phenoxy) is 3. The predicted octanol–water partition coefficient (Wildman–Crippen LogP) is 0.623. The highest BCUT2D eigenvalue weighted by Crippen LogP contribution is 2.38. The van der Waals surface area contributed by atoms with Crippen LogP contribution in [0.3, 0.4) is 0 Å². The molecule has 4 nitrogen and oxygen atoms in total. The van der Waals surface area contributed by atoms with E-state index >= 15 is 0 Å². The Bertz CT molecular complexity index is 250. The summed E-state index contributed by atoms with van der Waals surface area (Å²) < 4.78 is 15.5. The Kier molecular flexibility index (Phi) is 2.09. The second-order valence-corrected chi connectivity index (χ2v) is 3.10. The van der Waals surface area contributed by atoms with Crippen LogP contribution in [0.2, 0.25) is 0 Å². The van der Waals surface area contributed by atoms with Crippen LogP contribution in [-0.2, 0) is 19.0 Å². The summed E-state index contributed by atoms with van der Waals surface area (Å²) in [6.07, 6.45) is 3.36. The van der Waals surface area contributed by atoms with E-state index in [1.165, 1.54) is 7.11 Å². The van der Waals surface area contributed by atoms with Gasteiger partial charge in [-0.05, 0) is 6.42 Å². The van der Waals surface area contributed by atoms with E-state index in [-0.39, 0.29) is 5.97 Å². The van der Waals surface area contributed by atoms with Gasteiger partial charge in [-0.2, -0.15) is 0 Å². The molecular weight excluding hydrogens is 172 g/mol. The van der Waals surface area contributed by atoms with Gasteiger partial charge >= 0.3 is 5.97 Å².